The molecular weight excluding hydrogens is 400 g/mol. The molecule has 0 bridgehead atoms. The second-order valence-electron chi connectivity index (χ2n) is 7.28. The summed E-state index contributed by atoms with van der Waals surface area (Å²) < 4.78 is 0. The van der Waals surface area contributed by atoms with Crippen LogP contribution in [-0.2, 0) is 13.1 Å². The van der Waals surface area contributed by atoms with Crippen LogP contribution in [0.4, 0.5) is 5.82 Å². The molecule has 1 amide bonds. The number of carbonyl (C=O) groups is 1. The van der Waals surface area contributed by atoms with Crippen LogP contribution in [0.25, 0.3) is 22.0 Å². The lowest BCUT2D eigenvalue weighted by Gasteiger charge is -2.16. The zero-order valence-corrected chi connectivity index (χ0v) is 17.5. The van der Waals surface area contributed by atoms with E-state index < -0.39 is 0 Å². The number of carbonyl (C=O) groups excluding carboxylic acids is 1. The molecule has 0 saturated carbocycles. The SMILES string of the molecule is C.CNCc1ccccc1-c1cc2c(C)cccc2nc1CNC(=O)c1nccnc1N. The van der Waals surface area contributed by atoms with Gasteiger partial charge in [0.25, 0.3) is 5.91 Å². The molecule has 0 saturated heterocycles. The van der Waals surface area contributed by atoms with Gasteiger partial charge in [-0.3, -0.25) is 9.78 Å². The molecule has 4 aromatic rings. The van der Waals surface area contributed by atoms with Crippen molar-refractivity contribution in [1.29, 1.82) is 0 Å². The second-order valence-corrected chi connectivity index (χ2v) is 7.28. The topological polar surface area (TPSA) is 106 Å². The monoisotopic (exact) mass is 428 g/mol. The van der Waals surface area contributed by atoms with Gasteiger partial charge in [0.15, 0.2) is 11.5 Å². The van der Waals surface area contributed by atoms with Crippen LogP contribution in [0, 0.1) is 6.92 Å². The van der Waals surface area contributed by atoms with Gasteiger partial charge in [-0.25, -0.2) is 9.97 Å². The van der Waals surface area contributed by atoms with Crippen molar-refractivity contribution in [2.75, 3.05) is 12.8 Å². The van der Waals surface area contributed by atoms with Crippen molar-refractivity contribution >= 4 is 22.6 Å². The molecule has 4 N–H and O–H groups in total. The lowest BCUT2D eigenvalue weighted by Crippen LogP contribution is -2.26. The summed E-state index contributed by atoms with van der Waals surface area (Å²) in [5.41, 5.74) is 11.9. The van der Waals surface area contributed by atoms with Gasteiger partial charge in [-0.1, -0.05) is 43.8 Å². The molecule has 7 nitrogen and oxygen atoms in total. The smallest absolute Gasteiger partial charge is 0.274 e. The highest BCUT2D eigenvalue weighted by Gasteiger charge is 2.16. The van der Waals surface area contributed by atoms with Crippen molar-refractivity contribution in [1.82, 2.24) is 25.6 Å². The number of aromatic nitrogens is 3. The molecule has 0 aliphatic heterocycles. The normalized spacial score (nSPS) is 10.6. The minimum Gasteiger partial charge on any atom is -0.382 e. The Morgan fingerprint density at radius 3 is 2.56 bits per heavy atom. The van der Waals surface area contributed by atoms with E-state index in [-0.39, 0.29) is 31.4 Å². The Morgan fingerprint density at radius 1 is 1.00 bits per heavy atom. The molecule has 164 valence electrons. The average molecular weight is 429 g/mol. The minimum atomic E-state index is -0.383. The Balaban J connectivity index is 0.00000289. The largest absolute Gasteiger partial charge is 0.382 e. The summed E-state index contributed by atoms with van der Waals surface area (Å²) in [7, 11) is 1.92. The Morgan fingerprint density at radius 2 is 1.78 bits per heavy atom. The summed E-state index contributed by atoms with van der Waals surface area (Å²) in [4.78, 5) is 25.5. The number of pyridine rings is 1. The van der Waals surface area contributed by atoms with Crippen LogP contribution < -0.4 is 16.4 Å². The highest BCUT2D eigenvalue weighted by Crippen LogP contribution is 2.30. The molecule has 0 atom stereocenters. The predicted molar refractivity (Wildman–Crippen MR) is 129 cm³/mol. The first-order valence-corrected chi connectivity index (χ1v) is 10.0. The molecule has 4 rings (SSSR count). The third kappa shape index (κ3) is 4.58. The molecule has 0 aliphatic carbocycles. The summed E-state index contributed by atoms with van der Waals surface area (Å²) in [6.07, 6.45) is 2.90. The standard InChI is InChI=1S/C24H24N6O.CH4/c1-15-6-5-9-20-18(15)12-19(17-8-4-3-7-16(17)13-26-2)21(30-20)14-29-24(31)22-23(25)28-11-10-27-22;/h3-12,26H,13-14H2,1-2H3,(H2,25,28)(H,29,31);1H4. The van der Waals surface area contributed by atoms with E-state index in [1.807, 2.05) is 31.3 Å². The van der Waals surface area contributed by atoms with Crippen LogP contribution in [0.3, 0.4) is 0 Å². The van der Waals surface area contributed by atoms with Gasteiger partial charge in [-0.15, -0.1) is 0 Å². The number of rotatable bonds is 6. The molecule has 0 spiro atoms. The molecule has 0 fully saturated rings. The van der Waals surface area contributed by atoms with Gasteiger partial charge in [0.1, 0.15) is 0 Å². The highest BCUT2D eigenvalue weighted by molar-refractivity contribution is 5.96. The lowest BCUT2D eigenvalue weighted by molar-refractivity contribution is 0.0946. The van der Waals surface area contributed by atoms with Crippen LogP contribution >= 0.6 is 0 Å². The van der Waals surface area contributed by atoms with Gasteiger partial charge in [0.05, 0.1) is 17.8 Å². The van der Waals surface area contributed by atoms with E-state index in [1.165, 1.54) is 12.4 Å². The maximum atomic E-state index is 12.6. The van der Waals surface area contributed by atoms with Gasteiger partial charge in [-0.05, 0) is 42.8 Å². The van der Waals surface area contributed by atoms with Crippen LogP contribution in [0.1, 0.15) is 34.7 Å². The molecule has 7 heteroatoms. The summed E-state index contributed by atoms with van der Waals surface area (Å²) in [6.45, 7) is 3.04. The first-order valence-electron chi connectivity index (χ1n) is 10.0. The molecule has 2 aromatic heterocycles. The first-order chi connectivity index (χ1) is 15.1. The number of benzene rings is 2. The van der Waals surface area contributed by atoms with E-state index in [9.17, 15) is 4.79 Å². The quantitative estimate of drug-likeness (QED) is 0.430. The van der Waals surface area contributed by atoms with E-state index in [1.54, 1.807) is 0 Å². The van der Waals surface area contributed by atoms with Gasteiger partial charge in [0.2, 0.25) is 0 Å². The molecule has 2 heterocycles. The second kappa shape index (κ2) is 9.98. The summed E-state index contributed by atoms with van der Waals surface area (Å²) in [5.74, 6) is -0.284. The van der Waals surface area contributed by atoms with Gasteiger partial charge < -0.3 is 16.4 Å². The third-order valence-corrected chi connectivity index (χ3v) is 5.19. The Kier molecular flexibility index (Phi) is 7.12. The molecule has 32 heavy (non-hydrogen) atoms. The minimum absolute atomic E-state index is 0. The van der Waals surface area contributed by atoms with Crippen molar-refractivity contribution in [2.24, 2.45) is 0 Å². The summed E-state index contributed by atoms with van der Waals surface area (Å²) >= 11 is 0. The van der Waals surface area contributed by atoms with E-state index in [0.29, 0.717) is 0 Å². The summed E-state index contributed by atoms with van der Waals surface area (Å²) in [6, 6.07) is 16.4. The number of nitrogen functional groups attached to an aromatic ring is 1. The van der Waals surface area contributed by atoms with Gasteiger partial charge in [0, 0.05) is 29.9 Å². The number of hydrogen-bond donors (Lipinski definition) is 3. The fourth-order valence-corrected chi connectivity index (χ4v) is 3.65. The van der Waals surface area contributed by atoms with Gasteiger partial charge in [-0.2, -0.15) is 0 Å². The van der Waals surface area contributed by atoms with Crippen LogP contribution in [0.2, 0.25) is 0 Å². The molecule has 0 aliphatic rings. The van der Waals surface area contributed by atoms with E-state index in [4.69, 9.17) is 10.7 Å². The van der Waals surface area contributed by atoms with Crippen LogP contribution in [0.15, 0.2) is 60.9 Å². The summed E-state index contributed by atoms with van der Waals surface area (Å²) in [5, 5.41) is 7.21. The number of nitrogens with one attached hydrogen (secondary N) is 2. The van der Waals surface area contributed by atoms with E-state index in [0.717, 1.165) is 45.4 Å². The maximum absolute atomic E-state index is 12.6. The fraction of sp³-hybridized carbons (Fsp3) is 0.200. The number of nitrogens with two attached hydrogens (primary N) is 1. The van der Waals surface area contributed by atoms with Crippen LogP contribution in [0.5, 0.6) is 0 Å². The predicted octanol–water partition coefficient (Wildman–Crippen LogP) is 3.87. The molecular formula is C25H28N6O. The zero-order chi connectivity index (χ0) is 21.8. The number of nitrogens with zero attached hydrogens (tertiary/aromatic N) is 3. The first kappa shape index (κ1) is 22.8. The zero-order valence-electron chi connectivity index (χ0n) is 17.5. The van der Waals surface area contributed by atoms with Crippen LogP contribution in [-0.4, -0.2) is 27.9 Å². The van der Waals surface area contributed by atoms with Crippen molar-refractivity contribution in [3.63, 3.8) is 0 Å². The Hall–Kier alpha value is -3.84. The molecule has 0 radical (unpaired) electrons. The van der Waals surface area contributed by atoms with E-state index in [2.05, 4.69) is 51.8 Å². The highest BCUT2D eigenvalue weighted by atomic mass is 16.1. The van der Waals surface area contributed by atoms with Crippen molar-refractivity contribution < 1.29 is 4.79 Å². The van der Waals surface area contributed by atoms with Crippen molar-refractivity contribution in [2.45, 2.75) is 27.4 Å². The number of fused-ring (bicyclic) bond motifs is 1. The Labute approximate surface area is 188 Å². The molecule has 2 aromatic carbocycles. The Bertz CT molecular complexity index is 1250. The van der Waals surface area contributed by atoms with Crippen molar-refractivity contribution in [3.8, 4) is 11.1 Å². The van der Waals surface area contributed by atoms with Gasteiger partial charge >= 0.3 is 0 Å². The third-order valence-electron chi connectivity index (χ3n) is 5.19. The average Bonchev–Trinajstić information content (AvgIpc) is 2.78. The number of anilines is 1. The fourth-order valence-electron chi connectivity index (χ4n) is 3.65. The lowest BCUT2D eigenvalue weighted by atomic mass is 9.95. The van der Waals surface area contributed by atoms with Crippen molar-refractivity contribution in [3.05, 3.63) is 83.4 Å². The number of amides is 1. The molecule has 0 unspecified atom stereocenters. The number of aryl methyl sites for hydroxylation is 1. The number of hydrogen-bond acceptors (Lipinski definition) is 6. The van der Waals surface area contributed by atoms with E-state index >= 15 is 0 Å². The maximum Gasteiger partial charge on any atom is 0.274 e.